The van der Waals surface area contributed by atoms with Crippen LogP contribution in [0.3, 0.4) is 0 Å². The SMILES string of the molecule is C[C@H](CO)CSCc1ccc(-c2ccc3c(c2)CCC2(CCN(C(=O)OC(C)(C)C)CC2)O3)nc1. The van der Waals surface area contributed by atoms with E-state index in [1.807, 2.05) is 38.7 Å². The molecule has 1 aromatic carbocycles. The largest absolute Gasteiger partial charge is 0.487 e. The number of aryl methyl sites for hydroxylation is 1. The molecule has 0 aliphatic carbocycles. The van der Waals surface area contributed by atoms with Gasteiger partial charge in [0.15, 0.2) is 0 Å². The van der Waals surface area contributed by atoms with E-state index in [1.165, 1.54) is 11.1 Å². The zero-order chi connectivity index (χ0) is 25.1. The Morgan fingerprint density at radius 3 is 2.66 bits per heavy atom. The van der Waals surface area contributed by atoms with Gasteiger partial charge < -0.3 is 19.5 Å². The number of amides is 1. The second-order valence-electron chi connectivity index (χ2n) is 10.9. The van der Waals surface area contributed by atoms with Gasteiger partial charge in [-0.1, -0.05) is 13.0 Å². The minimum Gasteiger partial charge on any atom is -0.487 e. The number of carbonyl (C=O) groups is 1. The number of pyridine rings is 1. The van der Waals surface area contributed by atoms with Crippen molar-refractivity contribution in [2.45, 2.75) is 70.3 Å². The number of nitrogens with zero attached hydrogens (tertiary/aromatic N) is 2. The molecule has 6 nitrogen and oxygen atoms in total. The third-order valence-electron chi connectivity index (χ3n) is 6.67. The number of rotatable bonds is 6. The number of aliphatic hydroxyl groups excluding tert-OH is 1. The van der Waals surface area contributed by atoms with E-state index >= 15 is 0 Å². The zero-order valence-corrected chi connectivity index (χ0v) is 22.2. The number of thioether (sulfide) groups is 1. The molecule has 1 N–H and O–H groups in total. The molecule has 1 atom stereocenters. The van der Waals surface area contributed by atoms with E-state index < -0.39 is 5.60 Å². The van der Waals surface area contributed by atoms with Crippen molar-refractivity contribution in [3.8, 4) is 17.0 Å². The number of hydrogen-bond acceptors (Lipinski definition) is 6. The summed E-state index contributed by atoms with van der Waals surface area (Å²) >= 11 is 1.83. The van der Waals surface area contributed by atoms with Crippen molar-refractivity contribution in [3.05, 3.63) is 47.7 Å². The first-order valence-corrected chi connectivity index (χ1v) is 13.8. The van der Waals surface area contributed by atoms with E-state index in [0.717, 1.165) is 54.2 Å². The molecule has 0 bridgehead atoms. The molecule has 1 spiro atoms. The highest BCUT2D eigenvalue weighted by Crippen LogP contribution is 2.40. The van der Waals surface area contributed by atoms with Gasteiger partial charge in [-0.15, -0.1) is 0 Å². The van der Waals surface area contributed by atoms with Crippen molar-refractivity contribution in [2.24, 2.45) is 5.92 Å². The van der Waals surface area contributed by atoms with E-state index in [0.29, 0.717) is 19.0 Å². The average molecular weight is 499 g/mol. The summed E-state index contributed by atoms with van der Waals surface area (Å²) in [7, 11) is 0. The molecule has 1 fully saturated rings. The van der Waals surface area contributed by atoms with Crippen molar-refractivity contribution in [2.75, 3.05) is 25.4 Å². The lowest BCUT2D eigenvalue weighted by Gasteiger charge is -2.44. The third-order valence-corrected chi connectivity index (χ3v) is 8.01. The van der Waals surface area contributed by atoms with Crippen LogP contribution in [-0.2, 0) is 16.9 Å². The number of likely N-dealkylation sites (tertiary alicyclic amines) is 1. The Bertz CT molecular complexity index is 1010. The second-order valence-corrected chi connectivity index (χ2v) is 12.0. The first-order chi connectivity index (χ1) is 16.7. The zero-order valence-electron chi connectivity index (χ0n) is 21.4. The Kier molecular flexibility index (Phi) is 7.96. The van der Waals surface area contributed by atoms with Gasteiger partial charge in [-0.05, 0) is 80.7 Å². The van der Waals surface area contributed by atoms with Crippen LogP contribution >= 0.6 is 11.8 Å². The second kappa shape index (κ2) is 10.8. The minimum atomic E-state index is -0.475. The predicted octanol–water partition coefficient (Wildman–Crippen LogP) is 5.70. The third kappa shape index (κ3) is 6.70. The maximum atomic E-state index is 12.4. The number of fused-ring (bicyclic) bond motifs is 1. The highest BCUT2D eigenvalue weighted by atomic mass is 32.2. The summed E-state index contributed by atoms with van der Waals surface area (Å²) in [6.45, 7) is 9.31. The number of benzene rings is 1. The summed E-state index contributed by atoms with van der Waals surface area (Å²) in [5.41, 5.74) is 3.83. The van der Waals surface area contributed by atoms with Crippen molar-refractivity contribution in [1.29, 1.82) is 0 Å². The molecule has 3 heterocycles. The molecule has 2 aliphatic rings. The van der Waals surface area contributed by atoms with E-state index in [-0.39, 0.29) is 18.3 Å². The fourth-order valence-corrected chi connectivity index (χ4v) is 5.60. The molecular formula is C28H38N2O4S. The standard InChI is InChI=1S/C28H38N2O4S/c1-20(17-31)18-35-19-21-5-7-24(29-16-21)22-6-8-25-23(15-22)9-10-28(33-25)11-13-30(14-12-28)26(32)34-27(2,3)4/h5-8,15-16,20,31H,9-14,17-19H2,1-4H3/t20-/m1/s1. The lowest BCUT2D eigenvalue weighted by molar-refractivity contribution is -0.0272. The van der Waals surface area contributed by atoms with Crippen molar-refractivity contribution in [1.82, 2.24) is 9.88 Å². The number of ether oxygens (including phenoxy) is 2. The molecule has 4 rings (SSSR count). The molecule has 0 radical (unpaired) electrons. The molecule has 0 unspecified atom stereocenters. The summed E-state index contributed by atoms with van der Waals surface area (Å²) < 4.78 is 12.1. The van der Waals surface area contributed by atoms with Crippen molar-refractivity contribution in [3.63, 3.8) is 0 Å². The maximum Gasteiger partial charge on any atom is 0.410 e. The average Bonchev–Trinajstić information content (AvgIpc) is 2.83. The molecule has 35 heavy (non-hydrogen) atoms. The van der Waals surface area contributed by atoms with Crippen LogP contribution in [0.15, 0.2) is 36.5 Å². The van der Waals surface area contributed by atoms with Crippen LogP contribution in [0.1, 0.15) is 58.1 Å². The molecule has 1 aromatic heterocycles. The first kappa shape index (κ1) is 25.8. The van der Waals surface area contributed by atoms with Gasteiger partial charge >= 0.3 is 6.09 Å². The minimum absolute atomic E-state index is 0.196. The number of aromatic nitrogens is 1. The highest BCUT2D eigenvalue weighted by Gasteiger charge is 2.41. The normalized spacial score (nSPS) is 18.0. The summed E-state index contributed by atoms with van der Waals surface area (Å²) in [5.74, 6) is 3.13. The Balaban J connectivity index is 1.35. The Morgan fingerprint density at radius 2 is 2.00 bits per heavy atom. The Labute approximate surface area is 213 Å². The molecular weight excluding hydrogens is 460 g/mol. The number of aliphatic hydroxyl groups is 1. The quantitative estimate of drug-likeness (QED) is 0.550. The topological polar surface area (TPSA) is 71.9 Å². The van der Waals surface area contributed by atoms with Crippen LogP contribution in [0.25, 0.3) is 11.3 Å². The summed E-state index contributed by atoms with van der Waals surface area (Å²) in [5, 5.41) is 9.16. The van der Waals surface area contributed by atoms with Gasteiger partial charge in [0.05, 0.1) is 5.69 Å². The molecule has 0 saturated carbocycles. The predicted molar refractivity (Wildman–Crippen MR) is 141 cm³/mol. The number of carbonyl (C=O) groups excluding carboxylic acids is 1. The van der Waals surface area contributed by atoms with Gasteiger partial charge in [0.25, 0.3) is 0 Å². The number of hydrogen-bond donors (Lipinski definition) is 1. The summed E-state index contributed by atoms with van der Waals surface area (Å²) in [6.07, 6.45) is 5.30. The smallest absolute Gasteiger partial charge is 0.410 e. The lowest BCUT2D eigenvalue weighted by Crippen LogP contribution is -2.52. The van der Waals surface area contributed by atoms with E-state index in [2.05, 4.69) is 37.3 Å². The van der Waals surface area contributed by atoms with Crippen LogP contribution in [0.2, 0.25) is 0 Å². The van der Waals surface area contributed by atoms with E-state index in [1.54, 1.807) is 4.90 Å². The van der Waals surface area contributed by atoms with Crippen molar-refractivity contribution >= 4 is 17.9 Å². The molecule has 1 amide bonds. The lowest BCUT2D eigenvalue weighted by atomic mass is 9.83. The molecule has 1 saturated heterocycles. The fourth-order valence-electron chi connectivity index (χ4n) is 4.57. The molecule has 2 aromatic rings. The van der Waals surface area contributed by atoms with Crippen LogP contribution in [0.5, 0.6) is 5.75 Å². The van der Waals surface area contributed by atoms with Crippen molar-refractivity contribution < 1.29 is 19.4 Å². The van der Waals surface area contributed by atoms with Gasteiger partial charge in [-0.25, -0.2) is 4.79 Å². The van der Waals surface area contributed by atoms with Crippen LogP contribution in [-0.4, -0.2) is 57.7 Å². The summed E-state index contributed by atoms with van der Waals surface area (Å²) in [4.78, 5) is 18.9. The van der Waals surface area contributed by atoms with Gasteiger partial charge in [0, 0.05) is 50.1 Å². The van der Waals surface area contributed by atoms with E-state index in [9.17, 15) is 4.79 Å². The van der Waals surface area contributed by atoms with Gasteiger partial charge in [0.1, 0.15) is 17.0 Å². The Morgan fingerprint density at radius 1 is 1.23 bits per heavy atom. The fraction of sp³-hybridized carbons (Fsp3) is 0.571. The van der Waals surface area contributed by atoms with Gasteiger partial charge in [-0.3, -0.25) is 4.98 Å². The first-order valence-electron chi connectivity index (χ1n) is 12.6. The molecule has 190 valence electrons. The highest BCUT2D eigenvalue weighted by molar-refractivity contribution is 7.98. The van der Waals surface area contributed by atoms with Gasteiger partial charge in [0.2, 0.25) is 0 Å². The summed E-state index contributed by atoms with van der Waals surface area (Å²) in [6, 6.07) is 10.6. The Hall–Kier alpha value is -2.25. The van der Waals surface area contributed by atoms with Crippen LogP contribution in [0.4, 0.5) is 4.79 Å². The maximum absolute atomic E-state index is 12.4. The monoisotopic (exact) mass is 498 g/mol. The molecule has 2 aliphatic heterocycles. The van der Waals surface area contributed by atoms with Gasteiger partial charge in [-0.2, -0.15) is 11.8 Å². The number of piperidine rings is 1. The molecule has 7 heteroatoms. The van der Waals surface area contributed by atoms with Crippen LogP contribution < -0.4 is 4.74 Å². The van der Waals surface area contributed by atoms with E-state index in [4.69, 9.17) is 19.6 Å². The van der Waals surface area contributed by atoms with Crippen LogP contribution in [0, 0.1) is 5.92 Å².